The maximum Gasteiger partial charge on any atom is 0.160 e. The molecule has 0 radical (unpaired) electrons. The van der Waals surface area contributed by atoms with Gasteiger partial charge in [0.05, 0.1) is 0 Å². The molecule has 2 aromatic rings. The van der Waals surface area contributed by atoms with Crippen LogP contribution in [0.2, 0.25) is 0 Å². The predicted molar refractivity (Wildman–Crippen MR) is 83.3 cm³/mol. The highest BCUT2D eigenvalue weighted by atomic mass is 16.3. The summed E-state index contributed by atoms with van der Waals surface area (Å²) >= 11 is 0. The molecule has 0 saturated heterocycles. The van der Waals surface area contributed by atoms with Crippen LogP contribution in [0.15, 0.2) is 30.3 Å². The third-order valence-electron chi connectivity index (χ3n) is 3.85. The van der Waals surface area contributed by atoms with Gasteiger partial charge in [-0.25, -0.2) is 0 Å². The van der Waals surface area contributed by atoms with Gasteiger partial charge in [0.1, 0.15) is 0 Å². The maximum absolute atomic E-state index is 9.85. The van der Waals surface area contributed by atoms with Gasteiger partial charge in [0.2, 0.25) is 0 Å². The van der Waals surface area contributed by atoms with E-state index in [2.05, 4.69) is 32.0 Å². The van der Waals surface area contributed by atoms with E-state index in [1.54, 1.807) is 6.07 Å². The average Bonchev–Trinajstić information content (AvgIpc) is 2.49. The summed E-state index contributed by atoms with van der Waals surface area (Å²) in [5.74, 6) is -0.0471. The highest BCUT2D eigenvalue weighted by molar-refractivity contribution is 5.70. The van der Waals surface area contributed by atoms with E-state index in [1.807, 2.05) is 13.0 Å². The molecule has 2 nitrogen and oxygen atoms in total. The Kier molecular flexibility index (Phi) is 4.33. The first kappa shape index (κ1) is 14.4. The van der Waals surface area contributed by atoms with Crippen LogP contribution in [0.4, 0.5) is 0 Å². The van der Waals surface area contributed by atoms with E-state index in [4.69, 9.17) is 0 Å². The summed E-state index contributed by atoms with van der Waals surface area (Å²) in [7, 11) is 0. The molecule has 0 aliphatic heterocycles. The Hall–Kier alpha value is -1.96. The summed E-state index contributed by atoms with van der Waals surface area (Å²) < 4.78 is 0. The summed E-state index contributed by atoms with van der Waals surface area (Å²) in [6.45, 7) is 6.29. The van der Waals surface area contributed by atoms with Crippen molar-refractivity contribution in [2.75, 3.05) is 0 Å². The van der Waals surface area contributed by atoms with Gasteiger partial charge in [0.15, 0.2) is 11.5 Å². The van der Waals surface area contributed by atoms with E-state index in [0.29, 0.717) is 6.42 Å². The van der Waals surface area contributed by atoms with E-state index < -0.39 is 0 Å². The fraction of sp³-hybridized carbons (Fsp3) is 0.333. The second-order valence-electron chi connectivity index (χ2n) is 5.05. The first-order valence-corrected chi connectivity index (χ1v) is 7.27. The van der Waals surface area contributed by atoms with Gasteiger partial charge in [-0.15, -0.1) is 0 Å². The zero-order chi connectivity index (χ0) is 14.7. The van der Waals surface area contributed by atoms with Crippen LogP contribution in [-0.2, 0) is 19.3 Å². The van der Waals surface area contributed by atoms with Crippen molar-refractivity contribution in [1.82, 2.24) is 0 Å². The van der Waals surface area contributed by atoms with Gasteiger partial charge >= 0.3 is 0 Å². The largest absolute Gasteiger partial charge is 0.504 e. The lowest BCUT2D eigenvalue weighted by Gasteiger charge is -2.12. The quantitative estimate of drug-likeness (QED) is 0.806. The molecule has 0 heterocycles. The molecule has 0 fully saturated rings. The van der Waals surface area contributed by atoms with Crippen LogP contribution in [0.25, 0.3) is 11.1 Å². The van der Waals surface area contributed by atoms with E-state index in [9.17, 15) is 10.2 Å². The highest BCUT2D eigenvalue weighted by Crippen LogP contribution is 2.35. The molecular formula is C18H22O2. The predicted octanol–water partition coefficient (Wildman–Crippen LogP) is 4.45. The van der Waals surface area contributed by atoms with E-state index in [1.165, 1.54) is 11.1 Å². The summed E-state index contributed by atoms with van der Waals surface area (Å²) in [5, 5.41) is 19.7. The number of aryl methyl sites for hydroxylation is 3. The smallest absolute Gasteiger partial charge is 0.160 e. The Balaban J connectivity index is 2.54. The number of hydrogen-bond acceptors (Lipinski definition) is 2. The number of phenolic OH excluding ortho intramolecular Hbond substituents is 2. The SMILES string of the molecule is CCc1ccc(-c2cc(O)c(O)c(CC)c2)cc1CC. The summed E-state index contributed by atoms with van der Waals surface area (Å²) in [6.07, 6.45) is 2.73. The number of phenols is 2. The molecule has 0 spiro atoms. The maximum atomic E-state index is 9.85. The molecule has 0 saturated carbocycles. The Morgan fingerprint density at radius 1 is 0.700 bits per heavy atom. The fourth-order valence-electron chi connectivity index (χ4n) is 2.59. The Bertz CT molecular complexity index is 615. The Morgan fingerprint density at radius 3 is 1.90 bits per heavy atom. The lowest BCUT2D eigenvalue weighted by atomic mass is 9.95. The van der Waals surface area contributed by atoms with Gasteiger partial charge in [-0.1, -0.05) is 39.0 Å². The molecule has 0 aliphatic rings. The molecule has 2 N–H and O–H groups in total. The van der Waals surface area contributed by atoms with Crippen molar-refractivity contribution in [2.24, 2.45) is 0 Å². The summed E-state index contributed by atoms with van der Waals surface area (Å²) in [6, 6.07) is 10.0. The van der Waals surface area contributed by atoms with Crippen molar-refractivity contribution in [2.45, 2.75) is 40.0 Å². The first-order chi connectivity index (χ1) is 9.60. The van der Waals surface area contributed by atoms with E-state index >= 15 is 0 Å². The standard InChI is InChI=1S/C18H22O2/c1-4-12-7-8-15(9-13(12)5-2)16-10-14(6-3)18(20)17(19)11-16/h7-11,19-20H,4-6H2,1-3H3. The lowest BCUT2D eigenvalue weighted by molar-refractivity contribution is 0.400. The van der Waals surface area contributed by atoms with E-state index in [0.717, 1.165) is 29.5 Å². The second-order valence-corrected chi connectivity index (χ2v) is 5.05. The third-order valence-corrected chi connectivity index (χ3v) is 3.85. The van der Waals surface area contributed by atoms with Gasteiger partial charge in [0.25, 0.3) is 0 Å². The van der Waals surface area contributed by atoms with Crippen molar-refractivity contribution < 1.29 is 10.2 Å². The fourth-order valence-corrected chi connectivity index (χ4v) is 2.59. The van der Waals surface area contributed by atoms with Crippen LogP contribution in [0.1, 0.15) is 37.5 Å². The third kappa shape index (κ3) is 2.64. The monoisotopic (exact) mass is 270 g/mol. The molecule has 0 unspecified atom stereocenters. The van der Waals surface area contributed by atoms with Crippen molar-refractivity contribution in [1.29, 1.82) is 0 Å². The molecule has 0 atom stereocenters. The zero-order valence-electron chi connectivity index (χ0n) is 12.4. The van der Waals surface area contributed by atoms with Crippen LogP contribution in [-0.4, -0.2) is 10.2 Å². The topological polar surface area (TPSA) is 40.5 Å². The Labute approximate surface area is 120 Å². The second kappa shape index (κ2) is 6.00. The molecule has 2 rings (SSSR count). The molecule has 0 bridgehead atoms. The average molecular weight is 270 g/mol. The van der Waals surface area contributed by atoms with Gasteiger partial charge in [0, 0.05) is 0 Å². The minimum absolute atomic E-state index is 0.00265. The highest BCUT2D eigenvalue weighted by Gasteiger charge is 2.10. The van der Waals surface area contributed by atoms with Gasteiger partial charge < -0.3 is 10.2 Å². The van der Waals surface area contributed by atoms with Crippen LogP contribution >= 0.6 is 0 Å². The minimum Gasteiger partial charge on any atom is -0.504 e. The van der Waals surface area contributed by atoms with Crippen LogP contribution in [0.5, 0.6) is 11.5 Å². The zero-order valence-corrected chi connectivity index (χ0v) is 12.4. The van der Waals surface area contributed by atoms with Crippen molar-refractivity contribution in [3.05, 3.63) is 47.0 Å². The minimum atomic E-state index is -0.0445. The molecule has 2 aromatic carbocycles. The molecule has 106 valence electrons. The van der Waals surface area contributed by atoms with Crippen molar-refractivity contribution in [3.8, 4) is 22.6 Å². The summed E-state index contributed by atoms with van der Waals surface area (Å²) in [4.78, 5) is 0. The molecule has 0 amide bonds. The first-order valence-electron chi connectivity index (χ1n) is 7.27. The Morgan fingerprint density at radius 2 is 1.30 bits per heavy atom. The molecule has 0 aliphatic carbocycles. The summed E-state index contributed by atoms with van der Waals surface area (Å²) in [5.41, 5.74) is 5.53. The number of aromatic hydroxyl groups is 2. The van der Waals surface area contributed by atoms with E-state index in [-0.39, 0.29) is 11.5 Å². The number of rotatable bonds is 4. The van der Waals surface area contributed by atoms with Gasteiger partial charge in [-0.3, -0.25) is 0 Å². The molecule has 0 aromatic heterocycles. The molecular weight excluding hydrogens is 248 g/mol. The van der Waals surface area contributed by atoms with Gasteiger partial charge in [-0.05, 0) is 59.2 Å². The van der Waals surface area contributed by atoms with Crippen molar-refractivity contribution >= 4 is 0 Å². The van der Waals surface area contributed by atoms with Crippen LogP contribution in [0.3, 0.4) is 0 Å². The van der Waals surface area contributed by atoms with Crippen LogP contribution < -0.4 is 0 Å². The molecule has 20 heavy (non-hydrogen) atoms. The van der Waals surface area contributed by atoms with Crippen molar-refractivity contribution in [3.63, 3.8) is 0 Å². The lowest BCUT2D eigenvalue weighted by Crippen LogP contribution is -1.92. The van der Waals surface area contributed by atoms with Crippen LogP contribution in [0, 0.1) is 0 Å². The molecule has 2 heteroatoms. The number of hydrogen-bond donors (Lipinski definition) is 2. The van der Waals surface area contributed by atoms with Gasteiger partial charge in [-0.2, -0.15) is 0 Å². The number of benzene rings is 2. The normalized spacial score (nSPS) is 10.8.